The number of aliphatic hydroxyl groups is 1. The number of aromatic nitrogens is 1. The van der Waals surface area contributed by atoms with Gasteiger partial charge in [-0.1, -0.05) is 13.3 Å². The van der Waals surface area contributed by atoms with Crippen molar-refractivity contribution in [3.63, 3.8) is 0 Å². The lowest BCUT2D eigenvalue weighted by Crippen LogP contribution is -2.44. The third kappa shape index (κ3) is 2.72. The summed E-state index contributed by atoms with van der Waals surface area (Å²) in [6.45, 7) is 2.13. The maximum absolute atomic E-state index is 12.1. The average Bonchev–Trinajstić information content (AvgIpc) is 2.72. The Labute approximate surface area is 115 Å². The first-order valence-corrected chi connectivity index (χ1v) is 6.88. The van der Waals surface area contributed by atoms with Crippen molar-refractivity contribution < 1.29 is 9.90 Å². The van der Waals surface area contributed by atoms with Crippen molar-refractivity contribution in [3.8, 4) is 0 Å². The van der Waals surface area contributed by atoms with Crippen LogP contribution in [0.2, 0.25) is 0 Å². The Morgan fingerprint density at radius 1 is 1.67 bits per heavy atom. The van der Waals surface area contributed by atoms with Gasteiger partial charge in [0.15, 0.2) is 0 Å². The van der Waals surface area contributed by atoms with Gasteiger partial charge < -0.3 is 10.4 Å². The van der Waals surface area contributed by atoms with Crippen LogP contribution >= 0.6 is 15.9 Å². The predicted octanol–water partition coefficient (Wildman–Crippen LogP) is 2.12. The van der Waals surface area contributed by atoms with Crippen LogP contribution in [0, 0.1) is 5.41 Å². The van der Waals surface area contributed by atoms with Crippen LogP contribution in [0.25, 0.3) is 0 Å². The van der Waals surface area contributed by atoms with E-state index in [-0.39, 0.29) is 24.0 Å². The van der Waals surface area contributed by atoms with Gasteiger partial charge in [-0.25, -0.2) is 4.98 Å². The summed E-state index contributed by atoms with van der Waals surface area (Å²) in [6, 6.07) is 3.52. The summed E-state index contributed by atoms with van der Waals surface area (Å²) in [5.74, 6) is -0.124. The van der Waals surface area contributed by atoms with Gasteiger partial charge in [-0.3, -0.25) is 4.79 Å². The molecule has 2 atom stereocenters. The highest BCUT2D eigenvalue weighted by atomic mass is 79.9. The van der Waals surface area contributed by atoms with Crippen LogP contribution in [0.15, 0.2) is 22.9 Å². The topological polar surface area (TPSA) is 62.2 Å². The number of carbonyl (C=O) groups excluding carboxylic acids is 1. The zero-order valence-corrected chi connectivity index (χ0v) is 11.9. The normalized spacial score (nSPS) is 27.2. The first-order chi connectivity index (χ1) is 8.55. The summed E-state index contributed by atoms with van der Waals surface area (Å²) in [5, 5.41) is 12.4. The fourth-order valence-corrected chi connectivity index (χ4v) is 2.65. The minimum Gasteiger partial charge on any atom is -0.396 e. The maximum Gasteiger partial charge on any atom is 0.253 e. The first-order valence-electron chi connectivity index (χ1n) is 6.08. The molecule has 0 radical (unpaired) electrons. The van der Waals surface area contributed by atoms with E-state index in [4.69, 9.17) is 0 Å². The standard InChI is InChI=1S/C13H17BrN2O2/c1-13(8-17)6-2-3-10(13)16-12(18)9-4-5-11(14)15-7-9/h4-5,7,10,17H,2-3,6,8H2,1H3,(H,16,18). The molecule has 2 unspecified atom stereocenters. The number of hydrogen-bond donors (Lipinski definition) is 2. The van der Waals surface area contributed by atoms with Gasteiger partial charge in [0.2, 0.25) is 0 Å². The molecular formula is C13H17BrN2O2. The number of nitrogens with one attached hydrogen (secondary N) is 1. The summed E-state index contributed by atoms with van der Waals surface area (Å²) in [4.78, 5) is 16.1. The van der Waals surface area contributed by atoms with E-state index < -0.39 is 0 Å². The molecule has 1 heterocycles. The molecule has 2 N–H and O–H groups in total. The van der Waals surface area contributed by atoms with Gasteiger partial charge in [0.25, 0.3) is 5.91 Å². The van der Waals surface area contributed by atoms with Crippen molar-refractivity contribution in [2.75, 3.05) is 6.61 Å². The highest BCUT2D eigenvalue weighted by Crippen LogP contribution is 2.37. The van der Waals surface area contributed by atoms with Crippen LogP contribution in [-0.2, 0) is 0 Å². The molecule has 1 saturated carbocycles. The average molecular weight is 313 g/mol. The van der Waals surface area contributed by atoms with Crippen LogP contribution in [0.1, 0.15) is 36.5 Å². The molecule has 1 amide bonds. The minimum absolute atomic E-state index is 0.0404. The summed E-state index contributed by atoms with van der Waals surface area (Å²) < 4.78 is 0.708. The number of hydrogen-bond acceptors (Lipinski definition) is 3. The van der Waals surface area contributed by atoms with Crippen molar-refractivity contribution in [3.05, 3.63) is 28.5 Å². The first kappa shape index (κ1) is 13.5. The van der Waals surface area contributed by atoms with Crippen LogP contribution < -0.4 is 5.32 Å². The molecule has 1 aromatic rings. The lowest BCUT2D eigenvalue weighted by atomic mass is 9.85. The lowest BCUT2D eigenvalue weighted by Gasteiger charge is -2.30. The number of amides is 1. The molecule has 18 heavy (non-hydrogen) atoms. The highest BCUT2D eigenvalue weighted by molar-refractivity contribution is 9.10. The molecule has 5 heteroatoms. The number of aliphatic hydroxyl groups excluding tert-OH is 1. The van der Waals surface area contributed by atoms with E-state index >= 15 is 0 Å². The largest absolute Gasteiger partial charge is 0.396 e. The van der Waals surface area contributed by atoms with Crippen molar-refractivity contribution in [1.29, 1.82) is 0 Å². The molecule has 1 aromatic heterocycles. The van der Waals surface area contributed by atoms with Crippen LogP contribution in [0.4, 0.5) is 0 Å². The maximum atomic E-state index is 12.1. The quantitative estimate of drug-likeness (QED) is 0.840. The fourth-order valence-electron chi connectivity index (χ4n) is 2.42. The predicted molar refractivity (Wildman–Crippen MR) is 72.2 cm³/mol. The Bertz CT molecular complexity index is 435. The van der Waals surface area contributed by atoms with Crippen LogP contribution in [-0.4, -0.2) is 28.6 Å². The molecule has 0 aliphatic heterocycles. The SMILES string of the molecule is CC1(CO)CCCC1NC(=O)c1ccc(Br)nc1. The van der Waals surface area contributed by atoms with Crippen LogP contribution in [0.3, 0.4) is 0 Å². The third-order valence-electron chi connectivity index (χ3n) is 3.74. The summed E-state index contributed by atoms with van der Waals surface area (Å²) >= 11 is 3.24. The summed E-state index contributed by atoms with van der Waals surface area (Å²) in [5.41, 5.74) is 0.351. The van der Waals surface area contributed by atoms with Gasteiger partial charge in [0.05, 0.1) is 12.2 Å². The third-order valence-corrected chi connectivity index (χ3v) is 4.21. The van der Waals surface area contributed by atoms with Crippen molar-refractivity contribution in [1.82, 2.24) is 10.3 Å². The Hall–Kier alpha value is -0.940. The van der Waals surface area contributed by atoms with Crippen molar-refractivity contribution in [2.24, 2.45) is 5.41 Å². The Kier molecular flexibility index (Phi) is 4.02. The smallest absolute Gasteiger partial charge is 0.253 e. The monoisotopic (exact) mass is 312 g/mol. The van der Waals surface area contributed by atoms with Crippen molar-refractivity contribution in [2.45, 2.75) is 32.2 Å². The van der Waals surface area contributed by atoms with Gasteiger partial charge >= 0.3 is 0 Å². The van der Waals surface area contributed by atoms with E-state index in [1.165, 1.54) is 0 Å². The molecule has 98 valence electrons. The molecule has 1 aliphatic rings. The van der Waals surface area contributed by atoms with E-state index in [9.17, 15) is 9.90 Å². The fraction of sp³-hybridized carbons (Fsp3) is 0.538. The Morgan fingerprint density at radius 2 is 2.44 bits per heavy atom. The van der Waals surface area contributed by atoms with E-state index in [2.05, 4.69) is 26.2 Å². The zero-order valence-electron chi connectivity index (χ0n) is 10.3. The van der Waals surface area contributed by atoms with E-state index in [1.54, 1.807) is 18.3 Å². The molecule has 2 rings (SSSR count). The van der Waals surface area contributed by atoms with E-state index in [0.29, 0.717) is 10.2 Å². The highest BCUT2D eigenvalue weighted by Gasteiger charge is 2.39. The number of nitrogens with zero attached hydrogens (tertiary/aromatic N) is 1. The summed E-state index contributed by atoms with van der Waals surface area (Å²) in [6.07, 6.45) is 4.46. The number of halogens is 1. The van der Waals surface area contributed by atoms with E-state index in [0.717, 1.165) is 19.3 Å². The molecule has 0 bridgehead atoms. The van der Waals surface area contributed by atoms with Crippen LogP contribution in [0.5, 0.6) is 0 Å². The molecular weight excluding hydrogens is 296 g/mol. The second kappa shape index (κ2) is 5.36. The zero-order chi connectivity index (χ0) is 13.2. The molecule has 0 saturated heterocycles. The number of rotatable bonds is 3. The Morgan fingerprint density at radius 3 is 3.06 bits per heavy atom. The number of carbonyl (C=O) groups is 1. The van der Waals surface area contributed by atoms with Crippen molar-refractivity contribution >= 4 is 21.8 Å². The Balaban J connectivity index is 2.05. The molecule has 4 nitrogen and oxygen atoms in total. The van der Waals surface area contributed by atoms with Gasteiger partial charge in [-0.2, -0.15) is 0 Å². The number of pyridine rings is 1. The van der Waals surface area contributed by atoms with Gasteiger partial charge in [0.1, 0.15) is 4.60 Å². The molecule has 0 aromatic carbocycles. The molecule has 0 spiro atoms. The second-order valence-electron chi connectivity index (χ2n) is 5.10. The summed E-state index contributed by atoms with van der Waals surface area (Å²) in [7, 11) is 0. The minimum atomic E-state index is -0.196. The molecule has 1 fully saturated rings. The van der Waals surface area contributed by atoms with Gasteiger partial charge in [0, 0.05) is 17.7 Å². The van der Waals surface area contributed by atoms with Gasteiger partial charge in [-0.15, -0.1) is 0 Å². The second-order valence-corrected chi connectivity index (χ2v) is 5.91. The lowest BCUT2D eigenvalue weighted by molar-refractivity contribution is 0.0830. The molecule has 1 aliphatic carbocycles. The van der Waals surface area contributed by atoms with E-state index in [1.807, 2.05) is 6.92 Å². The van der Waals surface area contributed by atoms with Gasteiger partial charge in [-0.05, 0) is 40.9 Å².